The number of aliphatic hydroxyl groups excluding tert-OH is 1. The number of benzene rings is 1. The smallest absolute Gasteiger partial charge is 0.160 e. The molecule has 1 aromatic heterocycles. The highest BCUT2D eigenvalue weighted by molar-refractivity contribution is 9.10. The van der Waals surface area contributed by atoms with Gasteiger partial charge >= 0.3 is 0 Å². The van der Waals surface area contributed by atoms with Crippen molar-refractivity contribution in [3.05, 3.63) is 33.1 Å². The minimum atomic E-state index is -0.00896. The van der Waals surface area contributed by atoms with E-state index in [1.807, 2.05) is 18.2 Å². The minimum Gasteiger partial charge on any atom is -0.392 e. The molecule has 1 aromatic carbocycles. The van der Waals surface area contributed by atoms with Crippen LogP contribution in [0.1, 0.15) is 15.2 Å². The molecule has 0 radical (unpaired) electrons. The lowest BCUT2D eigenvalue weighted by atomic mass is 10.1. The molecule has 1 N–H and O–H groups in total. The third kappa shape index (κ3) is 1.61. The number of carbonyl (C=O) groups is 1. The molecule has 0 bridgehead atoms. The summed E-state index contributed by atoms with van der Waals surface area (Å²) in [5, 5.41) is 10.1. The number of hydrogen-bond donors (Lipinski definition) is 1. The van der Waals surface area contributed by atoms with Gasteiger partial charge in [0.15, 0.2) is 6.29 Å². The predicted molar refractivity (Wildman–Crippen MR) is 60.8 cm³/mol. The van der Waals surface area contributed by atoms with E-state index in [9.17, 15) is 4.79 Å². The maximum atomic E-state index is 10.6. The van der Waals surface area contributed by atoms with Gasteiger partial charge in [0.05, 0.1) is 11.5 Å². The van der Waals surface area contributed by atoms with Crippen LogP contribution < -0.4 is 0 Å². The first kappa shape index (κ1) is 9.83. The van der Waals surface area contributed by atoms with Gasteiger partial charge in [0.1, 0.15) is 0 Å². The van der Waals surface area contributed by atoms with Gasteiger partial charge in [-0.3, -0.25) is 4.79 Å². The van der Waals surface area contributed by atoms with E-state index >= 15 is 0 Å². The maximum absolute atomic E-state index is 10.6. The molecule has 0 aliphatic heterocycles. The van der Waals surface area contributed by atoms with Crippen LogP contribution in [0.15, 0.2) is 22.7 Å². The van der Waals surface area contributed by atoms with Crippen molar-refractivity contribution in [2.75, 3.05) is 0 Å². The van der Waals surface area contributed by atoms with Crippen LogP contribution in [0.4, 0.5) is 0 Å². The number of carbonyl (C=O) groups excluding carboxylic acids is 1. The molecule has 2 nitrogen and oxygen atoms in total. The second-order valence-corrected chi connectivity index (χ2v) is 4.93. The van der Waals surface area contributed by atoms with Crippen molar-refractivity contribution in [3.8, 4) is 0 Å². The van der Waals surface area contributed by atoms with Crippen LogP contribution in [-0.2, 0) is 6.61 Å². The number of fused-ring (bicyclic) bond motifs is 1. The van der Waals surface area contributed by atoms with E-state index in [0.717, 1.165) is 26.4 Å². The van der Waals surface area contributed by atoms with Crippen molar-refractivity contribution >= 4 is 43.6 Å². The lowest BCUT2D eigenvalue weighted by molar-refractivity contribution is 0.112. The summed E-state index contributed by atoms with van der Waals surface area (Å²) in [6, 6.07) is 5.63. The molecular formula is C10H7BrO2S. The first-order chi connectivity index (χ1) is 6.74. The van der Waals surface area contributed by atoms with Crippen LogP contribution in [-0.4, -0.2) is 11.4 Å². The third-order valence-corrected chi connectivity index (χ3v) is 3.46. The fourth-order valence-corrected chi connectivity index (χ4v) is 3.00. The molecule has 14 heavy (non-hydrogen) atoms. The van der Waals surface area contributed by atoms with Gasteiger partial charge in [0.2, 0.25) is 0 Å². The summed E-state index contributed by atoms with van der Waals surface area (Å²) in [7, 11) is 0. The highest BCUT2D eigenvalue weighted by atomic mass is 79.9. The highest BCUT2D eigenvalue weighted by Gasteiger charge is 2.06. The summed E-state index contributed by atoms with van der Waals surface area (Å²) in [6.07, 6.45) is 0.833. The average molecular weight is 271 g/mol. The Bertz CT molecular complexity index is 490. The molecule has 0 fully saturated rings. The molecule has 0 spiro atoms. The summed E-state index contributed by atoms with van der Waals surface area (Å²) >= 11 is 4.79. The van der Waals surface area contributed by atoms with Crippen LogP contribution in [0.25, 0.3) is 10.1 Å². The molecule has 0 unspecified atom stereocenters. The normalized spacial score (nSPS) is 10.7. The fourth-order valence-electron chi connectivity index (χ4n) is 1.38. The van der Waals surface area contributed by atoms with Crippen LogP contribution in [0.2, 0.25) is 0 Å². The second kappa shape index (κ2) is 3.81. The Labute approximate surface area is 93.3 Å². The summed E-state index contributed by atoms with van der Waals surface area (Å²) < 4.78 is 1.94. The number of halogens is 1. The van der Waals surface area contributed by atoms with Gasteiger partial charge in [-0.05, 0) is 29.1 Å². The lowest BCUT2D eigenvalue weighted by Crippen LogP contribution is -1.83. The van der Waals surface area contributed by atoms with Gasteiger partial charge in [0, 0.05) is 9.17 Å². The Morgan fingerprint density at radius 2 is 2.21 bits per heavy atom. The number of thiophene rings is 1. The van der Waals surface area contributed by atoms with Crippen LogP contribution >= 0.6 is 27.3 Å². The quantitative estimate of drug-likeness (QED) is 0.852. The SMILES string of the molecule is O=Cc1cc2c(CO)cc(Br)cc2s1. The molecule has 2 rings (SSSR count). The highest BCUT2D eigenvalue weighted by Crippen LogP contribution is 2.30. The topological polar surface area (TPSA) is 37.3 Å². The first-order valence-corrected chi connectivity index (χ1v) is 5.63. The number of aldehydes is 1. The van der Waals surface area contributed by atoms with Crippen molar-refractivity contribution in [2.45, 2.75) is 6.61 Å². The Morgan fingerprint density at radius 3 is 2.86 bits per heavy atom. The molecule has 72 valence electrons. The molecule has 0 saturated carbocycles. The molecule has 1 heterocycles. The van der Waals surface area contributed by atoms with E-state index in [2.05, 4.69) is 15.9 Å². The van der Waals surface area contributed by atoms with Crippen molar-refractivity contribution in [3.63, 3.8) is 0 Å². The minimum absolute atomic E-state index is 0.00896. The number of aliphatic hydroxyl groups is 1. The lowest BCUT2D eigenvalue weighted by Gasteiger charge is -1.99. The van der Waals surface area contributed by atoms with Gasteiger partial charge in [-0.25, -0.2) is 0 Å². The molecule has 0 aliphatic rings. The Kier molecular flexibility index (Phi) is 2.67. The van der Waals surface area contributed by atoms with Gasteiger partial charge in [-0.15, -0.1) is 11.3 Å². The van der Waals surface area contributed by atoms with Crippen molar-refractivity contribution < 1.29 is 9.90 Å². The van der Waals surface area contributed by atoms with E-state index in [4.69, 9.17) is 5.11 Å². The van der Waals surface area contributed by atoms with E-state index in [-0.39, 0.29) is 6.61 Å². The predicted octanol–water partition coefficient (Wildman–Crippen LogP) is 2.97. The summed E-state index contributed by atoms with van der Waals surface area (Å²) in [6.45, 7) is -0.00896. The average Bonchev–Trinajstić information content (AvgIpc) is 2.59. The molecule has 4 heteroatoms. The number of rotatable bonds is 2. The van der Waals surface area contributed by atoms with E-state index in [1.54, 1.807) is 0 Å². The van der Waals surface area contributed by atoms with Gasteiger partial charge < -0.3 is 5.11 Å². The largest absolute Gasteiger partial charge is 0.392 e. The van der Waals surface area contributed by atoms with Crippen LogP contribution in [0, 0.1) is 0 Å². The second-order valence-electron chi connectivity index (χ2n) is 2.90. The maximum Gasteiger partial charge on any atom is 0.160 e. The van der Waals surface area contributed by atoms with Crippen LogP contribution in [0.5, 0.6) is 0 Å². The summed E-state index contributed by atoms with van der Waals surface area (Å²) in [5.41, 5.74) is 0.846. The van der Waals surface area contributed by atoms with Gasteiger partial charge in [-0.2, -0.15) is 0 Å². The zero-order valence-corrected chi connectivity index (χ0v) is 9.56. The molecule has 0 aliphatic carbocycles. The number of hydrogen-bond acceptors (Lipinski definition) is 3. The summed E-state index contributed by atoms with van der Waals surface area (Å²) in [4.78, 5) is 11.3. The van der Waals surface area contributed by atoms with Crippen molar-refractivity contribution in [1.82, 2.24) is 0 Å². The zero-order chi connectivity index (χ0) is 10.1. The Hall–Kier alpha value is -0.710. The standard InChI is InChI=1S/C10H7BrO2S/c11-7-1-6(4-12)9-3-8(5-13)14-10(9)2-7/h1-3,5,12H,4H2. The Balaban J connectivity index is 2.77. The van der Waals surface area contributed by atoms with E-state index in [0.29, 0.717) is 4.88 Å². The van der Waals surface area contributed by atoms with Crippen molar-refractivity contribution in [2.24, 2.45) is 0 Å². The van der Waals surface area contributed by atoms with E-state index < -0.39 is 0 Å². The zero-order valence-electron chi connectivity index (χ0n) is 7.16. The Morgan fingerprint density at radius 1 is 1.43 bits per heavy atom. The third-order valence-electron chi connectivity index (χ3n) is 1.99. The van der Waals surface area contributed by atoms with Crippen molar-refractivity contribution in [1.29, 1.82) is 0 Å². The molecular weight excluding hydrogens is 264 g/mol. The molecule has 0 atom stereocenters. The molecule has 0 amide bonds. The fraction of sp³-hybridized carbons (Fsp3) is 0.100. The van der Waals surface area contributed by atoms with E-state index in [1.165, 1.54) is 11.3 Å². The first-order valence-electron chi connectivity index (χ1n) is 4.02. The summed E-state index contributed by atoms with van der Waals surface area (Å²) in [5.74, 6) is 0. The van der Waals surface area contributed by atoms with Crippen LogP contribution in [0.3, 0.4) is 0 Å². The molecule has 2 aromatic rings. The van der Waals surface area contributed by atoms with Gasteiger partial charge in [-0.1, -0.05) is 15.9 Å². The van der Waals surface area contributed by atoms with Gasteiger partial charge in [0.25, 0.3) is 0 Å². The monoisotopic (exact) mass is 270 g/mol. The molecule has 0 saturated heterocycles.